The molecule has 2 unspecified atom stereocenters. The van der Waals surface area contributed by atoms with E-state index < -0.39 is 0 Å². The molecule has 6 heteroatoms. The Morgan fingerprint density at radius 2 is 2.26 bits per heavy atom. The average Bonchev–Trinajstić information content (AvgIpc) is 2.97. The maximum Gasteiger partial charge on any atom is 0.165 e. The first-order valence-electron chi connectivity index (χ1n) is 7.31. The van der Waals surface area contributed by atoms with Crippen molar-refractivity contribution >= 4 is 11.8 Å². The highest BCUT2D eigenvalue weighted by molar-refractivity contribution is 7.99. The summed E-state index contributed by atoms with van der Waals surface area (Å²) in [5.74, 6) is 2.80. The van der Waals surface area contributed by atoms with E-state index in [4.69, 9.17) is 0 Å². The van der Waals surface area contributed by atoms with Gasteiger partial charge in [-0.25, -0.2) is 4.68 Å². The molecule has 1 saturated carbocycles. The van der Waals surface area contributed by atoms with Gasteiger partial charge in [0.05, 0.1) is 12.6 Å². The van der Waals surface area contributed by atoms with E-state index in [1.807, 2.05) is 11.8 Å². The second-order valence-corrected chi connectivity index (χ2v) is 7.07. The molecule has 108 valence electrons. The van der Waals surface area contributed by atoms with Crippen LogP contribution in [0.15, 0.2) is 0 Å². The van der Waals surface area contributed by atoms with Crippen molar-refractivity contribution in [3.05, 3.63) is 5.82 Å². The molecular weight excluding hydrogens is 258 g/mol. The molecule has 0 bridgehead atoms. The van der Waals surface area contributed by atoms with Gasteiger partial charge in [0.15, 0.2) is 5.82 Å². The van der Waals surface area contributed by atoms with Crippen molar-refractivity contribution in [2.24, 2.45) is 5.92 Å². The fraction of sp³-hybridized carbons (Fsp3) is 0.923. The molecular formula is C13H25N5S. The Morgan fingerprint density at radius 1 is 1.42 bits per heavy atom. The predicted molar refractivity (Wildman–Crippen MR) is 79.2 cm³/mol. The second-order valence-electron chi connectivity index (χ2n) is 5.56. The Hall–Kier alpha value is -0.620. The summed E-state index contributed by atoms with van der Waals surface area (Å²) in [5.41, 5.74) is 0. The first-order valence-corrected chi connectivity index (χ1v) is 8.36. The number of nitrogens with one attached hydrogen (secondary N) is 1. The molecule has 1 heterocycles. The molecule has 0 spiro atoms. The molecule has 19 heavy (non-hydrogen) atoms. The van der Waals surface area contributed by atoms with Crippen LogP contribution in [0.5, 0.6) is 0 Å². The SMILES string of the molecule is CCSC1CCCC1n1nnnc1CNCC(C)C. The Morgan fingerprint density at radius 3 is 3.00 bits per heavy atom. The lowest BCUT2D eigenvalue weighted by atomic mass is 10.2. The highest BCUT2D eigenvalue weighted by atomic mass is 32.2. The molecule has 1 aliphatic carbocycles. The van der Waals surface area contributed by atoms with Crippen molar-refractivity contribution in [1.82, 2.24) is 25.5 Å². The zero-order valence-electron chi connectivity index (χ0n) is 12.2. The maximum absolute atomic E-state index is 4.23. The Bertz CT molecular complexity index is 379. The number of rotatable bonds is 7. The summed E-state index contributed by atoms with van der Waals surface area (Å²) in [6.45, 7) is 8.42. The first-order chi connectivity index (χ1) is 9.22. The smallest absolute Gasteiger partial charge is 0.165 e. The van der Waals surface area contributed by atoms with Crippen LogP contribution in [-0.2, 0) is 6.54 Å². The number of hydrogen-bond acceptors (Lipinski definition) is 5. The standard InChI is InChI=1S/C13H25N5S/c1-4-19-12-7-5-6-11(12)18-13(15-16-17-18)9-14-8-10(2)3/h10-12,14H,4-9H2,1-3H3. The molecule has 5 nitrogen and oxygen atoms in total. The molecule has 1 aliphatic rings. The van der Waals surface area contributed by atoms with Gasteiger partial charge in [0.1, 0.15) is 0 Å². The van der Waals surface area contributed by atoms with Crippen molar-refractivity contribution < 1.29 is 0 Å². The predicted octanol–water partition coefficient (Wildman–Crippen LogP) is 2.27. The summed E-state index contributed by atoms with van der Waals surface area (Å²) in [5, 5.41) is 16.4. The van der Waals surface area contributed by atoms with Crippen LogP contribution in [0.4, 0.5) is 0 Å². The average molecular weight is 283 g/mol. The summed E-state index contributed by atoms with van der Waals surface area (Å²) in [6.07, 6.45) is 3.79. The van der Waals surface area contributed by atoms with E-state index in [1.54, 1.807) is 0 Å². The van der Waals surface area contributed by atoms with Gasteiger partial charge in [-0.05, 0) is 41.5 Å². The second kappa shape index (κ2) is 7.24. The largest absolute Gasteiger partial charge is 0.310 e. The number of hydrogen-bond donors (Lipinski definition) is 1. The highest BCUT2D eigenvalue weighted by Gasteiger charge is 2.31. The van der Waals surface area contributed by atoms with Gasteiger partial charge in [-0.3, -0.25) is 0 Å². The number of aromatic nitrogens is 4. The minimum atomic E-state index is 0.482. The van der Waals surface area contributed by atoms with Crippen LogP contribution >= 0.6 is 11.8 Å². The lowest BCUT2D eigenvalue weighted by molar-refractivity contribution is 0.433. The summed E-state index contributed by atoms with van der Waals surface area (Å²) in [6, 6.07) is 0.482. The lowest BCUT2D eigenvalue weighted by Gasteiger charge is -2.19. The quantitative estimate of drug-likeness (QED) is 0.832. The van der Waals surface area contributed by atoms with E-state index >= 15 is 0 Å². The van der Waals surface area contributed by atoms with Crippen LogP contribution in [-0.4, -0.2) is 37.8 Å². The van der Waals surface area contributed by atoms with E-state index in [0.717, 1.165) is 18.9 Å². The van der Waals surface area contributed by atoms with Gasteiger partial charge in [0, 0.05) is 5.25 Å². The van der Waals surface area contributed by atoms with Crippen LogP contribution in [0.3, 0.4) is 0 Å². The Labute approximate surface area is 119 Å². The van der Waals surface area contributed by atoms with Gasteiger partial charge >= 0.3 is 0 Å². The fourth-order valence-electron chi connectivity index (χ4n) is 2.65. The minimum Gasteiger partial charge on any atom is -0.310 e. The lowest BCUT2D eigenvalue weighted by Crippen LogP contribution is -2.25. The van der Waals surface area contributed by atoms with Crippen LogP contribution in [0.1, 0.15) is 51.9 Å². The molecule has 2 rings (SSSR count). The fourth-order valence-corrected chi connectivity index (χ4v) is 3.89. The summed E-state index contributed by atoms with van der Waals surface area (Å²) in [7, 11) is 0. The summed E-state index contributed by atoms with van der Waals surface area (Å²) < 4.78 is 2.06. The molecule has 0 amide bonds. The Kier molecular flexibility index (Phi) is 5.63. The molecule has 1 aromatic heterocycles. The van der Waals surface area contributed by atoms with E-state index in [2.05, 4.69) is 46.3 Å². The van der Waals surface area contributed by atoms with Gasteiger partial charge in [-0.15, -0.1) is 5.10 Å². The van der Waals surface area contributed by atoms with E-state index in [-0.39, 0.29) is 0 Å². The highest BCUT2D eigenvalue weighted by Crippen LogP contribution is 2.38. The van der Waals surface area contributed by atoms with Crippen LogP contribution in [0.25, 0.3) is 0 Å². The third kappa shape index (κ3) is 3.92. The molecule has 1 fully saturated rings. The molecule has 0 radical (unpaired) electrons. The van der Waals surface area contributed by atoms with E-state index in [9.17, 15) is 0 Å². The Balaban J connectivity index is 1.98. The van der Waals surface area contributed by atoms with Crippen LogP contribution in [0, 0.1) is 5.92 Å². The molecule has 1 aromatic rings. The topological polar surface area (TPSA) is 55.6 Å². The van der Waals surface area contributed by atoms with Gasteiger partial charge in [-0.2, -0.15) is 11.8 Å². The van der Waals surface area contributed by atoms with E-state index in [1.165, 1.54) is 25.0 Å². The van der Waals surface area contributed by atoms with Crippen molar-refractivity contribution in [1.29, 1.82) is 0 Å². The van der Waals surface area contributed by atoms with Crippen molar-refractivity contribution in [2.45, 2.75) is 57.9 Å². The molecule has 0 aromatic carbocycles. The maximum atomic E-state index is 4.23. The summed E-state index contributed by atoms with van der Waals surface area (Å²) >= 11 is 2.05. The minimum absolute atomic E-state index is 0.482. The number of thioether (sulfide) groups is 1. The third-order valence-corrected chi connectivity index (χ3v) is 4.82. The van der Waals surface area contributed by atoms with Crippen molar-refractivity contribution in [2.75, 3.05) is 12.3 Å². The third-order valence-electron chi connectivity index (χ3n) is 3.51. The van der Waals surface area contributed by atoms with E-state index in [0.29, 0.717) is 17.2 Å². The first kappa shape index (κ1) is 14.8. The zero-order valence-corrected chi connectivity index (χ0v) is 13.0. The molecule has 0 saturated heterocycles. The summed E-state index contributed by atoms with van der Waals surface area (Å²) in [4.78, 5) is 0. The van der Waals surface area contributed by atoms with Gasteiger partial charge in [0.25, 0.3) is 0 Å². The van der Waals surface area contributed by atoms with Crippen molar-refractivity contribution in [3.63, 3.8) is 0 Å². The normalized spacial score (nSPS) is 23.4. The number of tetrazole rings is 1. The van der Waals surface area contributed by atoms with Gasteiger partial charge in [-0.1, -0.05) is 27.2 Å². The van der Waals surface area contributed by atoms with Crippen LogP contribution < -0.4 is 5.32 Å². The molecule has 2 atom stereocenters. The van der Waals surface area contributed by atoms with Gasteiger partial charge in [0.2, 0.25) is 0 Å². The molecule has 1 N–H and O–H groups in total. The van der Waals surface area contributed by atoms with Crippen LogP contribution in [0.2, 0.25) is 0 Å². The molecule has 0 aliphatic heterocycles. The van der Waals surface area contributed by atoms with Gasteiger partial charge < -0.3 is 5.32 Å². The number of nitrogens with zero attached hydrogens (tertiary/aromatic N) is 4. The zero-order chi connectivity index (χ0) is 13.7. The monoisotopic (exact) mass is 283 g/mol. The van der Waals surface area contributed by atoms with Crippen molar-refractivity contribution in [3.8, 4) is 0 Å².